The Labute approximate surface area is 557 Å². The first-order chi connectivity index (χ1) is 45.6. The average Bonchev–Trinajstić information content (AvgIpc) is 0.692. The van der Waals surface area contributed by atoms with Crippen molar-refractivity contribution in [1.82, 2.24) is 0 Å². The normalized spacial score (nSPS) is 12.8. The number of nitrogens with zero attached hydrogens (tertiary/aromatic N) is 3. The van der Waals surface area contributed by atoms with Gasteiger partial charge in [0.05, 0.1) is 5.69 Å². The van der Waals surface area contributed by atoms with Crippen LogP contribution in [0.4, 0.5) is 51.2 Å². The Balaban J connectivity index is 1.03. The highest BCUT2D eigenvalue weighted by molar-refractivity contribution is 7.00. The molecule has 13 aromatic rings. The summed E-state index contributed by atoms with van der Waals surface area (Å²) in [6.07, 6.45) is 0. The van der Waals surface area contributed by atoms with Gasteiger partial charge in [0, 0.05) is 67.2 Å². The number of hydrogen-bond donors (Lipinski definition) is 0. The van der Waals surface area contributed by atoms with Crippen LogP contribution in [0.5, 0.6) is 0 Å². The summed E-state index contributed by atoms with van der Waals surface area (Å²) in [4.78, 5) is 7.66. The van der Waals surface area contributed by atoms with Gasteiger partial charge in [-0.3, -0.25) is 0 Å². The number of anilines is 9. The van der Waals surface area contributed by atoms with E-state index < -0.39 is 0 Å². The van der Waals surface area contributed by atoms with Crippen LogP contribution in [-0.2, 0) is 21.7 Å². The fourth-order valence-electron chi connectivity index (χ4n) is 14.9. The smallest absolute Gasteiger partial charge is 0.252 e. The van der Waals surface area contributed by atoms with Crippen LogP contribution in [0.1, 0.15) is 99.9 Å². The summed E-state index contributed by atoms with van der Waals surface area (Å²) in [5, 5.41) is 0. The molecule has 2 heterocycles. The molecule has 0 amide bonds. The molecule has 0 radical (unpaired) electrons. The fourth-order valence-corrected chi connectivity index (χ4v) is 14.9. The summed E-state index contributed by atoms with van der Waals surface area (Å²) in [7, 11) is 0. The summed E-state index contributed by atoms with van der Waals surface area (Å²) < 4.78 is 0. The molecule has 94 heavy (non-hydrogen) atoms. The molecule has 3 nitrogen and oxygen atoms in total. The topological polar surface area (TPSA) is 9.72 Å². The SMILES string of the molecule is CC(C)(c1ccccc1)c1ccc(N2c3ccc(C(C)(C)c4ccccc4)cc3B3c4cc(C(C)(C)c5ccccc5)ccc4N(c4ccc(C(C)(C)c5ccccc5)cc4)c4cc(N(c5ccc(-c6ccccc6)cc5)c5ccc(-c6ccccc6)cc5)cc2c43)cc1. The van der Waals surface area contributed by atoms with Crippen molar-refractivity contribution in [2.45, 2.75) is 77.0 Å². The second-order valence-electron chi connectivity index (χ2n) is 27.8. The zero-order chi connectivity index (χ0) is 64.3. The summed E-state index contributed by atoms with van der Waals surface area (Å²) in [6, 6.07) is 122. The number of fused-ring (bicyclic) bond motifs is 4. The molecule has 4 heteroatoms. The number of benzene rings is 13. The molecule has 0 spiro atoms. The molecule has 13 aromatic carbocycles. The molecule has 0 fully saturated rings. The Morgan fingerprint density at radius 3 is 0.819 bits per heavy atom. The second kappa shape index (κ2) is 23.8. The average molecular weight is 1210 g/mol. The van der Waals surface area contributed by atoms with E-state index >= 15 is 0 Å². The van der Waals surface area contributed by atoms with Crippen LogP contribution in [-0.4, -0.2) is 6.71 Å². The van der Waals surface area contributed by atoms with Gasteiger partial charge in [-0.1, -0.05) is 310 Å². The summed E-state index contributed by atoms with van der Waals surface area (Å²) in [5.41, 5.74) is 27.5. The van der Waals surface area contributed by atoms with E-state index in [-0.39, 0.29) is 28.4 Å². The quantitative estimate of drug-likeness (QED) is 0.0947. The molecular formula is C90H78BN3. The van der Waals surface area contributed by atoms with Gasteiger partial charge in [0.25, 0.3) is 6.71 Å². The highest BCUT2D eigenvalue weighted by atomic mass is 15.2. The minimum atomic E-state index is -0.318. The molecule has 2 aliphatic heterocycles. The monoisotopic (exact) mass is 1210 g/mol. The largest absolute Gasteiger partial charge is 0.311 e. The summed E-state index contributed by atoms with van der Waals surface area (Å²) in [5.74, 6) is 0. The predicted octanol–water partition coefficient (Wildman–Crippen LogP) is 21.9. The van der Waals surface area contributed by atoms with Crippen LogP contribution in [0, 0.1) is 0 Å². The van der Waals surface area contributed by atoms with Crippen LogP contribution in [0.3, 0.4) is 0 Å². The van der Waals surface area contributed by atoms with E-state index in [0.717, 1.165) is 51.2 Å². The Kier molecular flexibility index (Phi) is 15.1. The van der Waals surface area contributed by atoms with Crippen molar-refractivity contribution in [2.75, 3.05) is 14.7 Å². The fraction of sp³-hybridized carbons (Fsp3) is 0.133. The lowest BCUT2D eigenvalue weighted by atomic mass is 9.33. The van der Waals surface area contributed by atoms with E-state index in [1.54, 1.807) is 0 Å². The van der Waals surface area contributed by atoms with Crippen molar-refractivity contribution >= 4 is 74.3 Å². The minimum Gasteiger partial charge on any atom is -0.311 e. The molecular weight excluding hydrogens is 1130 g/mol. The van der Waals surface area contributed by atoms with Gasteiger partial charge in [-0.25, -0.2) is 0 Å². The zero-order valence-electron chi connectivity index (χ0n) is 55.1. The first-order valence-corrected chi connectivity index (χ1v) is 33.3. The molecule has 0 aliphatic carbocycles. The molecule has 2 aliphatic rings. The van der Waals surface area contributed by atoms with Crippen molar-refractivity contribution in [3.8, 4) is 22.3 Å². The van der Waals surface area contributed by atoms with Crippen molar-refractivity contribution in [2.24, 2.45) is 0 Å². The molecule has 0 unspecified atom stereocenters. The standard InChI is InChI=1S/C90H78BN3/c1-87(2,67-31-19-11-20-32-67)71-43-53-77(54-44-71)93-82-57-47-73(89(5,6)69-35-23-13-24-36-69)59-80(82)91-81-60-74(90(7,8)70-37-25-14-26-38-70)48-58-83(81)94(78-55-45-72(46-56-78)88(3,4)68-33-21-12-22-34-68)85-62-79(61-84(93)86(85)91)92(75-49-39-65(40-50-75)63-27-15-9-16-28-63)76-51-41-66(42-52-76)64-29-17-10-18-30-64/h9-62H,1-8H3. The Morgan fingerprint density at radius 2 is 0.500 bits per heavy atom. The molecule has 0 atom stereocenters. The van der Waals surface area contributed by atoms with Gasteiger partial charge >= 0.3 is 0 Å². The van der Waals surface area contributed by atoms with Gasteiger partial charge < -0.3 is 14.7 Å². The molecule has 0 saturated heterocycles. The Hall–Kier alpha value is -10.7. The van der Waals surface area contributed by atoms with E-state index in [1.165, 1.54) is 83.1 Å². The van der Waals surface area contributed by atoms with E-state index in [9.17, 15) is 0 Å². The van der Waals surface area contributed by atoms with Crippen LogP contribution < -0.4 is 31.1 Å². The van der Waals surface area contributed by atoms with Gasteiger partial charge in [-0.05, 0) is 156 Å². The van der Waals surface area contributed by atoms with Crippen LogP contribution in [0.25, 0.3) is 22.3 Å². The molecule has 0 bridgehead atoms. The highest BCUT2D eigenvalue weighted by Gasteiger charge is 2.46. The van der Waals surface area contributed by atoms with Crippen LogP contribution in [0.15, 0.2) is 328 Å². The third-order valence-electron chi connectivity index (χ3n) is 20.9. The molecule has 0 N–H and O–H groups in total. The Bertz CT molecular complexity index is 4530. The summed E-state index contributed by atoms with van der Waals surface area (Å²) in [6.45, 7) is 18.7. The van der Waals surface area contributed by atoms with Crippen molar-refractivity contribution in [1.29, 1.82) is 0 Å². The maximum atomic E-state index is 2.59. The first-order valence-electron chi connectivity index (χ1n) is 33.3. The third kappa shape index (κ3) is 10.5. The van der Waals surface area contributed by atoms with Crippen molar-refractivity contribution < 1.29 is 0 Å². The zero-order valence-corrected chi connectivity index (χ0v) is 55.1. The summed E-state index contributed by atoms with van der Waals surface area (Å²) >= 11 is 0. The third-order valence-corrected chi connectivity index (χ3v) is 20.9. The maximum absolute atomic E-state index is 2.59. The predicted molar refractivity (Wildman–Crippen MR) is 400 cm³/mol. The van der Waals surface area contributed by atoms with E-state index in [0.29, 0.717) is 0 Å². The lowest BCUT2D eigenvalue weighted by molar-refractivity contribution is 0.641. The van der Waals surface area contributed by atoms with Crippen LogP contribution >= 0.6 is 0 Å². The lowest BCUT2D eigenvalue weighted by Crippen LogP contribution is -2.61. The maximum Gasteiger partial charge on any atom is 0.252 e. The number of rotatable bonds is 15. The lowest BCUT2D eigenvalue weighted by Gasteiger charge is -2.46. The van der Waals surface area contributed by atoms with Gasteiger partial charge in [-0.15, -0.1) is 0 Å². The van der Waals surface area contributed by atoms with Crippen molar-refractivity contribution in [3.63, 3.8) is 0 Å². The van der Waals surface area contributed by atoms with Gasteiger partial charge in [-0.2, -0.15) is 0 Å². The molecule has 15 rings (SSSR count). The first kappa shape index (κ1) is 59.6. The van der Waals surface area contributed by atoms with Gasteiger partial charge in [0.2, 0.25) is 0 Å². The van der Waals surface area contributed by atoms with E-state index in [1.807, 2.05) is 0 Å². The van der Waals surface area contributed by atoms with Gasteiger partial charge in [0.1, 0.15) is 0 Å². The van der Waals surface area contributed by atoms with Crippen molar-refractivity contribution in [3.05, 3.63) is 372 Å². The molecule has 0 saturated carbocycles. The van der Waals surface area contributed by atoms with Crippen LogP contribution in [0.2, 0.25) is 0 Å². The highest BCUT2D eigenvalue weighted by Crippen LogP contribution is 2.51. The second-order valence-corrected chi connectivity index (χ2v) is 27.8. The minimum absolute atomic E-state index is 0.175. The van der Waals surface area contributed by atoms with E-state index in [2.05, 4.69) is 398 Å². The molecule has 0 aromatic heterocycles. The van der Waals surface area contributed by atoms with Gasteiger partial charge in [0.15, 0.2) is 0 Å². The Morgan fingerprint density at radius 1 is 0.234 bits per heavy atom. The molecule has 456 valence electrons. The van der Waals surface area contributed by atoms with E-state index in [4.69, 9.17) is 0 Å². The number of hydrogen-bond acceptors (Lipinski definition) is 3.